The van der Waals surface area contributed by atoms with E-state index in [0.717, 1.165) is 6.42 Å². The average Bonchev–Trinajstić information content (AvgIpc) is 2.71. The van der Waals surface area contributed by atoms with Gasteiger partial charge in [-0.25, -0.2) is 9.59 Å². The van der Waals surface area contributed by atoms with E-state index in [1.54, 1.807) is 42.5 Å². The van der Waals surface area contributed by atoms with E-state index in [4.69, 9.17) is 20.8 Å². The first-order valence-electron chi connectivity index (χ1n) is 8.98. The third-order valence-corrected chi connectivity index (χ3v) is 4.35. The van der Waals surface area contributed by atoms with E-state index in [2.05, 4.69) is 5.32 Å². The second kappa shape index (κ2) is 9.21. The normalized spacial score (nSPS) is 11.0. The summed E-state index contributed by atoms with van der Waals surface area (Å²) in [7, 11) is 0. The van der Waals surface area contributed by atoms with Crippen LogP contribution in [0, 0.1) is 0 Å². The van der Waals surface area contributed by atoms with Gasteiger partial charge in [-0.05, 0) is 42.3 Å². The number of esters is 1. The molecule has 0 saturated heterocycles. The lowest BCUT2D eigenvalue weighted by Gasteiger charge is -2.05. The first-order valence-corrected chi connectivity index (χ1v) is 9.36. The molecule has 7 heteroatoms. The summed E-state index contributed by atoms with van der Waals surface area (Å²) in [6.07, 6.45) is 3.56. The lowest BCUT2D eigenvalue weighted by molar-refractivity contribution is -0.128. The molecule has 0 aliphatic heterocycles. The molecule has 1 heterocycles. The largest absolute Gasteiger partial charge is 0.423 e. The van der Waals surface area contributed by atoms with E-state index in [9.17, 15) is 14.4 Å². The first-order chi connectivity index (χ1) is 14.0. The second-order valence-corrected chi connectivity index (χ2v) is 6.59. The van der Waals surface area contributed by atoms with Gasteiger partial charge in [-0.1, -0.05) is 36.7 Å². The van der Waals surface area contributed by atoms with Gasteiger partial charge in [-0.3, -0.25) is 4.79 Å². The molecule has 0 bridgehead atoms. The Kier molecular flexibility index (Phi) is 6.46. The van der Waals surface area contributed by atoms with Crippen molar-refractivity contribution in [3.05, 3.63) is 81.2 Å². The number of hydrogen-bond acceptors (Lipinski definition) is 5. The maximum absolute atomic E-state index is 12.1. The number of fused-ring (bicyclic) bond motifs is 1. The predicted molar refractivity (Wildman–Crippen MR) is 111 cm³/mol. The monoisotopic (exact) mass is 411 g/mol. The van der Waals surface area contributed by atoms with Crippen molar-refractivity contribution in [1.82, 2.24) is 5.32 Å². The highest BCUT2D eigenvalue weighted by Gasteiger charge is 2.14. The number of halogens is 1. The fourth-order valence-electron chi connectivity index (χ4n) is 2.57. The number of benzene rings is 2. The van der Waals surface area contributed by atoms with Crippen molar-refractivity contribution < 1.29 is 18.7 Å². The average molecular weight is 412 g/mol. The van der Waals surface area contributed by atoms with Gasteiger partial charge in [0.15, 0.2) is 0 Å². The van der Waals surface area contributed by atoms with Gasteiger partial charge in [-0.15, -0.1) is 0 Å². The Labute approximate surface area is 171 Å². The molecule has 148 valence electrons. The zero-order chi connectivity index (χ0) is 20.8. The quantitative estimate of drug-likeness (QED) is 0.284. The standard InChI is InChI=1S/C22H18ClNO5/c1-2-11-24-21(26)17-12-15-7-9-16(13-19(15)29-22(17)27)28-20(25)10-8-14-5-3-4-6-18(14)23/h3-10,12-13H,2,11H2,1H3,(H,24,26)/b10-8+. The SMILES string of the molecule is CCCNC(=O)c1cc2ccc(OC(=O)/C=C/c3ccccc3Cl)cc2oc1=O. The molecule has 0 atom stereocenters. The molecule has 2 aromatic carbocycles. The third-order valence-electron chi connectivity index (χ3n) is 4.01. The molecule has 0 aliphatic carbocycles. The molecule has 6 nitrogen and oxygen atoms in total. The van der Waals surface area contributed by atoms with Crippen LogP contribution in [0.3, 0.4) is 0 Å². The maximum Gasteiger partial charge on any atom is 0.349 e. The fourth-order valence-corrected chi connectivity index (χ4v) is 2.76. The van der Waals surface area contributed by atoms with Crippen LogP contribution >= 0.6 is 11.6 Å². The minimum absolute atomic E-state index is 0.0710. The van der Waals surface area contributed by atoms with Gasteiger partial charge in [0, 0.05) is 29.1 Å². The fraction of sp³-hybridized carbons (Fsp3) is 0.136. The Morgan fingerprint density at radius 3 is 2.72 bits per heavy atom. The van der Waals surface area contributed by atoms with Crippen LogP contribution < -0.4 is 15.7 Å². The Hall–Kier alpha value is -3.38. The number of carbonyl (C=O) groups excluding carboxylic acids is 2. The summed E-state index contributed by atoms with van der Waals surface area (Å²) in [4.78, 5) is 36.2. The number of carbonyl (C=O) groups is 2. The molecule has 3 aromatic rings. The minimum Gasteiger partial charge on any atom is -0.423 e. The van der Waals surface area contributed by atoms with Crippen LogP contribution in [0.5, 0.6) is 5.75 Å². The molecule has 0 fully saturated rings. The molecule has 3 rings (SSSR count). The van der Waals surface area contributed by atoms with E-state index in [0.29, 0.717) is 22.5 Å². The molecule has 0 unspecified atom stereocenters. The van der Waals surface area contributed by atoms with Gasteiger partial charge in [0.05, 0.1) is 0 Å². The molecule has 0 radical (unpaired) electrons. The van der Waals surface area contributed by atoms with Crippen molar-refractivity contribution in [3.8, 4) is 5.75 Å². The number of hydrogen-bond donors (Lipinski definition) is 1. The van der Waals surface area contributed by atoms with Crippen LogP contribution in [-0.4, -0.2) is 18.4 Å². The molecule has 1 amide bonds. The van der Waals surface area contributed by atoms with E-state index in [1.165, 1.54) is 18.2 Å². The van der Waals surface area contributed by atoms with Gasteiger partial charge >= 0.3 is 11.6 Å². The topological polar surface area (TPSA) is 85.6 Å². The first kappa shape index (κ1) is 20.4. The Morgan fingerprint density at radius 1 is 1.17 bits per heavy atom. The van der Waals surface area contributed by atoms with Crippen molar-refractivity contribution in [1.29, 1.82) is 0 Å². The lowest BCUT2D eigenvalue weighted by Crippen LogP contribution is -2.28. The highest BCUT2D eigenvalue weighted by molar-refractivity contribution is 6.32. The summed E-state index contributed by atoms with van der Waals surface area (Å²) in [6.45, 7) is 2.38. The van der Waals surface area contributed by atoms with E-state index in [1.807, 2.05) is 6.92 Å². The smallest absolute Gasteiger partial charge is 0.349 e. The third kappa shape index (κ3) is 5.12. The molecule has 29 heavy (non-hydrogen) atoms. The Balaban J connectivity index is 1.77. The van der Waals surface area contributed by atoms with E-state index >= 15 is 0 Å². The minimum atomic E-state index is -0.756. The lowest BCUT2D eigenvalue weighted by atomic mass is 10.1. The number of amides is 1. The summed E-state index contributed by atoms with van der Waals surface area (Å²) >= 11 is 6.04. The maximum atomic E-state index is 12.1. The van der Waals surface area contributed by atoms with Crippen molar-refractivity contribution in [2.24, 2.45) is 0 Å². The van der Waals surface area contributed by atoms with Crippen LogP contribution in [0.1, 0.15) is 29.3 Å². The Bertz CT molecular complexity index is 1150. The van der Waals surface area contributed by atoms with Crippen LogP contribution in [0.25, 0.3) is 17.0 Å². The summed E-state index contributed by atoms with van der Waals surface area (Å²) in [5, 5.41) is 3.69. The van der Waals surface area contributed by atoms with Crippen LogP contribution in [-0.2, 0) is 4.79 Å². The number of nitrogens with one attached hydrogen (secondary N) is 1. The van der Waals surface area contributed by atoms with Gasteiger partial charge < -0.3 is 14.5 Å². The van der Waals surface area contributed by atoms with Gasteiger partial charge in [0.1, 0.15) is 16.9 Å². The highest BCUT2D eigenvalue weighted by atomic mass is 35.5. The van der Waals surface area contributed by atoms with Crippen molar-refractivity contribution in [3.63, 3.8) is 0 Å². The summed E-state index contributed by atoms with van der Waals surface area (Å²) in [5.74, 6) is -0.887. The van der Waals surface area contributed by atoms with Crippen molar-refractivity contribution in [2.75, 3.05) is 6.54 Å². The van der Waals surface area contributed by atoms with Crippen molar-refractivity contribution >= 4 is 40.5 Å². The van der Waals surface area contributed by atoms with Crippen LogP contribution in [0.4, 0.5) is 0 Å². The van der Waals surface area contributed by atoms with E-state index < -0.39 is 17.5 Å². The van der Waals surface area contributed by atoms with Gasteiger partial charge in [0.2, 0.25) is 0 Å². The zero-order valence-electron chi connectivity index (χ0n) is 15.6. The zero-order valence-corrected chi connectivity index (χ0v) is 16.4. The van der Waals surface area contributed by atoms with Crippen LogP contribution in [0.2, 0.25) is 5.02 Å². The molecule has 1 N–H and O–H groups in total. The van der Waals surface area contributed by atoms with Crippen molar-refractivity contribution in [2.45, 2.75) is 13.3 Å². The number of rotatable bonds is 6. The summed E-state index contributed by atoms with van der Waals surface area (Å²) < 4.78 is 10.5. The molecule has 1 aromatic heterocycles. The number of ether oxygens (including phenoxy) is 1. The van der Waals surface area contributed by atoms with Gasteiger partial charge in [-0.2, -0.15) is 0 Å². The van der Waals surface area contributed by atoms with Gasteiger partial charge in [0.25, 0.3) is 5.91 Å². The van der Waals surface area contributed by atoms with Crippen LogP contribution in [0.15, 0.2) is 63.8 Å². The Morgan fingerprint density at radius 2 is 1.97 bits per heavy atom. The predicted octanol–water partition coefficient (Wildman–Crippen LogP) is 4.21. The molecular formula is C22H18ClNO5. The summed E-state index contributed by atoms with van der Waals surface area (Å²) in [5.41, 5.74) is 0.0680. The highest BCUT2D eigenvalue weighted by Crippen LogP contribution is 2.21. The molecule has 0 spiro atoms. The second-order valence-electron chi connectivity index (χ2n) is 6.18. The molecule has 0 aliphatic rings. The summed E-state index contributed by atoms with van der Waals surface area (Å²) in [6, 6.07) is 13.1. The molecular weight excluding hydrogens is 394 g/mol. The van der Waals surface area contributed by atoms with E-state index in [-0.39, 0.29) is 16.9 Å². The molecule has 0 saturated carbocycles.